The van der Waals surface area contributed by atoms with Crippen LogP contribution in [-0.2, 0) is 17.1 Å². The van der Waals surface area contributed by atoms with Gasteiger partial charge in [-0.3, -0.25) is 4.79 Å². The maximum Gasteiger partial charge on any atom is 0.573 e. The number of alkyl halides is 12. The highest BCUT2D eigenvalue weighted by atomic mass is 19.4. The van der Waals surface area contributed by atoms with Crippen LogP contribution in [-0.4, -0.2) is 67.0 Å². The standard InChI is InChI=1S/C22H14F7N3O6.C16H9F7O5/c1-35-14-9-10(38-22(27,28)29)3-5-12(14)37-13-6-4-11(21(24,25)26)17(23)16(13)19(33)32-15-7-8-30-18(31-15)20(34)36-2;1-26-11-6-7(28-16(21,22)23)2-4-9(11)27-10-5-3-8(15(18,19)20)13(17)12(10)14(24)25/h3-9H,1-2H3,(H,30,31,32,33);2-6H,1H3,(H,24,25). The number of nitrogens with zero attached hydrogens (tertiary/aromatic N) is 2. The Hall–Kier alpha value is -7.81. The summed E-state index contributed by atoms with van der Waals surface area (Å²) in [4.78, 5) is 43.0. The third-order valence-corrected chi connectivity index (χ3v) is 7.70. The lowest BCUT2D eigenvalue weighted by molar-refractivity contribution is -0.275. The van der Waals surface area contributed by atoms with Crippen molar-refractivity contribution in [2.75, 3.05) is 26.6 Å². The molecule has 0 saturated carbocycles. The zero-order chi connectivity index (χ0) is 49.5. The topological polar surface area (TPSA) is 174 Å². The average Bonchev–Trinajstić information content (AvgIpc) is 3.19. The summed E-state index contributed by atoms with van der Waals surface area (Å²) in [5, 5.41) is 11.1. The number of carbonyl (C=O) groups excluding carboxylic acids is 2. The van der Waals surface area contributed by atoms with Crippen molar-refractivity contribution in [2.24, 2.45) is 0 Å². The molecule has 0 aliphatic rings. The van der Waals surface area contributed by atoms with Gasteiger partial charge in [0.15, 0.2) is 34.6 Å². The van der Waals surface area contributed by atoms with Crippen LogP contribution in [0.5, 0.6) is 46.0 Å². The van der Waals surface area contributed by atoms with E-state index in [-0.39, 0.29) is 11.8 Å². The molecule has 1 aromatic heterocycles. The third kappa shape index (κ3) is 13.1. The van der Waals surface area contributed by atoms with Gasteiger partial charge in [0.2, 0.25) is 5.82 Å². The summed E-state index contributed by atoms with van der Waals surface area (Å²) in [6.45, 7) is 0. The molecule has 5 aromatic rings. The van der Waals surface area contributed by atoms with Crippen LogP contribution in [0.4, 0.5) is 67.3 Å². The number of aromatic nitrogens is 2. The maximum atomic E-state index is 15.0. The van der Waals surface area contributed by atoms with Crippen molar-refractivity contribution in [2.45, 2.75) is 25.1 Å². The minimum atomic E-state index is -5.21. The number of amides is 1. The Morgan fingerprint density at radius 1 is 0.576 bits per heavy atom. The van der Waals surface area contributed by atoms with Crippen LogP contribution in [0.3, 0.4) is 0 Å². The lowest BCUT2D eigenvalue weighted by Gasteiger charge is -2.17. The second kappa shape index (κ2) is 19.9. The Kier molecular flexibility index (Phi) is 15.3. The molecule has 1 amide bonds. The number of carbonyl (C=O) groups is 3. The molecule has 0 fully saturated rings. The van der Waals surface area contributed by atoms with Crippen molar-refractivity contribution in [3.8, 4) is 46.0 Å². The second-order valence-corrected chi connectivity index (χ2v) is 12.0. The molecule has 0 aliphatic heterocycles. The van der Waals surface area contributed by atoms with E-state index in [2.05, 4.69) is 24.2 Å². The van der Waals surface area contributed by atoms with Crippen molar-refractivity contribution in [1.82, 2.24) is 9.97 Å². The largest absolute Gasteiger partial charge is 0.573 e. The highest BCUT2D eigenvalue weighted by Gasteiger charge is 2.39. The molecule has 2 N–H and O–H groups in total. The van der Waals surface area contributed by atoms with E-state index in [0.29, 0.717) is 18.2 Å². The van der Waals surface area contributed by atoms with E-state index in [1.807, 2.05) is 5.32 Å². The molecule has 0 saturated heterocycles. The summed E-state index contributed by atoms with van der Waals surface area (Å²) >= 11 is 0. The summed E-state index contributed by atoms with van der Waals surface area (Å²) in [7, 11) is 3.09. The molecule has 0 spiro atoms. The molecule has 28 heteroatoms. The zero-order valence-electron chi connectivity index (χ0n) is 32.6. The van der Waals surface area contributed by atoms with E-state index in [4.69, 9.17) is 24.1 Å². The Morgan fingerprint density at radius 3 is 1.39 bits per heavy atom. The van der Waals surface area contributed by atoms with Crippen molar-refractivity contribution in [1.29, 1.82) is 0 Å². The first kappa shape index (κ1) is 50.8. The van der Waals surface area contributed by atoms with Gasteiger partial charge < -0.3 is 43.6 Å². The SMILES string of the molecule is COC(=O)c1nccc(NC(=O)c2c(Oc3ccc(OC(F)(F)F)cc3OC)ccc(C(F)(F)F)c2F)n1.COc1cc(OC(F)(F)F)ccc1Oc1ccc(C(F)(F)F)c(F)c1C(=O)O. The Bertz CT molecular complexity index is 2600. The van der Waals surface area contributed by atoms with Crippen LogP contribution in [0.1, 0.15) is 42.5 Å². The molecule has 1 heterocycles. The number of methoxy groups -OCH3 is 3. The highest BCUT2D eigenvalue weighted by Crippen LogP contribution is 2.43. The second-order valence-electron chi connectivity index (χ2n) is 12.0. The van der Waals surface area contributed by atoms with E-state index in [0.717, 1.165) is 70.0 Å². The predicted molar refractivity (Wildman–Crippen MR) is 191 cm³/mol. The van der Waals surface area contributed by atoms with Crippen molar-refractivity contribution in [3.63, 3.8) is 0 Å². The van der Waals surface area contributed by atoms with Gasteiger partial charge >= 0.3 is 37.0 Å². The highest BCUT2D eigenvalue weighted by molar-refractivity contribution is 6.06. The number of rotatable bonds is 12. The van der Waals surface area contributed by atoms with Gasteiger partial charge in [0.1, 0.15) is 39.9 Å². The molecule has 0 bridgehead atoms. The number of carboxylic acids is 1. The first-order valence-electron chi connectivity index (χ1n) is 17.1. The summed E-state index contributed by atoms with van der Waals surface area (Å²) in [6.07, 6.45) is -19.4. The number of anilines is 1. The maximum absolute atomic E-state index is 15.0. The molecule has 4 aromatic carbocycles. The molecule has 0 atom stereocenters. The van der Waals surface area contributed by atoms with Gasteiger partial charge in [-0.2, -0.15) is 26.3 Å². The Labute approximate surface area is 358 Å². The number of aromatic carboxylic acids is 1. The third-order valence-electron chi connectivity index (χ3n) is 7.70. The van der Waals surface area contributed by atoms with Gasteiger partial charge in [0, 0.05) is 18.3 Å². The minimum absolute atomic E-state index is 0.269. The number of hydrogen-bond acceptors (Lipinski definition) is 12. The van der Waals surface area contributed by atoms with Crippen molar-refractivity contribution in [3.05, 3.63) is 113 Å². The van der Waals surface area contributed by atoms with Gasteiger partial charge in [-0.05, 0) is 54.6 Å². The zero-order valence-corrected chi connectivity index (χ0v) is 32.6. The Morgan fingerprint density at radius 2 is 1.00 bits per heavy atom. The van der Waals surface area contributed by atoms with Crippen LogP contribution in [0.15, 0.2) is 72.9 Å². The van der Waals surface area contributed by atoms with E-state index in [1.54, 1.807) is 0 Å². The first-order chi connectivity index (χ1) is 30.6. The lowest BCUT2D eigenvalue weighted by Crippen LogP contribution is -2.20. The fourth-order valence-electron chi connectivity index (χ4n) is 5.03. The number of hydrogen-bond donors (Lipinski definition) is 2. The number of halogens is 14. The molecule has 0 unspecified atom stereocenters. The van der Waals surface area contributed by atoms with E-state index in [1.165, 1.54) is 0 Å². The van der Waals surface area contributed by atoms with Crippen LogP contribution in [0.25, 0.3) is 0 Å². The smallest absolute Gasteiger partial charge is 0.493 e. The predicted octanol–water partition coefficient (Wildman–Crippen LogP) is 10.6. The molecule has 14 nitrogen and oxygen atoms in total. The van der Waals surface area contributed by atoms with Crippen LogP contribution < -0.4 is 33.7 Å². The minimum Gasteiger partial charge on any atom is -0.493 e. The number of carboxylic acid groups (broad SMARTS) is 1. The van der Waals surface area contributed by atoms with Crippen LogP contribution in [0, 0.1) is 11.6 Å². The molecule has 5 rings (SSSR count). The van der Waals surface area contributed by atoms with E-state index in [9.17, 15) is 71.5 Å². The van der Waals surface area contributed by atoms with Gasteiger partial charge in [-0.15, -0.1) is 26.3 Å². The van der Waals surface area contributed by atoms with Gasteiger partial charge in [0.05, 0.1) is 32.5 Å². The van der Waals surface area contributed by atoms with Gasteiger partial charge in [-0.25, -0.2) is 28.3 Å². The quantitative estimate of drug-likeness (QED) is 0.0894. The van der Waals surface area contributed by atoms with E-state index < -0.39 is 129 Å². The fraction of sp³-hybridized carbons (Fsp3) is 0.184. The molecule has 66 heavy (non-hydrogen) atoms. The summed E-state index contributed by atoms with van der Waals surface area (Å²) in [5.74, 6) is -14.1. The molecule has 0 radical (unpaired) electrons. The van der Waals surface area contributed by atoms with E-state index >= 15 is 4.39 Å². The first-order valence-corrected chi connectivity index (χ1v) is 17.1. The molecule has 0 aliphatic carbocycles. The number of benzene rings is 4. The number of ether oxygens (including phenoxy) is 7. The number of esters is 1. The summed E-state index contributed by atoms with van der Waals surface area (Å²) < 4.78 is 214. The number of nitrogens with one attached hydrogen (secondary N) is 1. The summed E-state index contributed by atoms with van der Waals surface area (Å²) in [6, 6.07) is 7.65. The van der Waals surface area contributed by atoms with Crippen LogP contribution in [0.2, 0.25) is 0 Å². The van der Waals surface area contributed by atoms with Crippen molar-refractivity contribution >= 4 is 23.7 Å². The van der Waals surface area contributed by atoms with Gasteiger partial charge in [-0.1, -0.05) is 0 Å². The van der Waals surface area contributed by atoms with Crippen molar-refractivity contribution < 1.29 is 114 Å². The summed E-state index contributed by atoms with van der Waals surface area (Å²) in [5.41, 5.74) is -6.28. The average molecular weight is 964 g/mol. The normalized spacial score (nSPS) is 11.7. The van der Waals surface area contributed by atoms with Gasteiger partial charge in [0.25, 0.3) is 5.91 Å². The molecule has 354 valence electrons. The lowest BCUT2D eigenvalue weighted by atomic mass is 10.1. The van der Waals surface area contributed by atoms with Crippen LogP contribution >= 0.6 is 0 Å². The monoisotopic (exact) mass is 963 g/mol. The fourth-order valence-corrected chi connectivity index (χ4v) is 5.03. The molecular weight excluding hydrogens is 940 g/mol. The Balaban J connectivity index is 0.000000302. The molecular formula is C38H23F14N3O11.